The first-order valence-electron chi connectivity index (χ1n) is 9.13. The Morgan fingerprint density at radius 2 is 1.40 bits per heavy atom. The van der Waals surface area contributed by atoms with Gasteiger partial charge in [-0.15, -0.1) is 0 Å². The van der Waals surface area contributed by atoms with Gasteiger partial charge in [0, 0.05) is 19.8 Å². The number of para-hydroxylation sites is 1. The predicted octanol–water partition coefficient (Wildman–Crippen LogP) is 3.75. The summed E-state index contributed by atoms with van der Waals surface area (Å²) < 4.78 is 36.4. The Morgan fingerprint density at radius 3 is 2.00 bits per heavy atom. The average molecular weight is 426 g/mol. The minimum absolute atomic E-state index is 0.152. The number of carbonyl (C=O) groups excluding carboxylic acids is 1. The maximum Gasteiger partial charge on any atom is 0.262 e. The van der Waals surface area contributed by atoms with E-state index in [1.54, 1.807) is 24.3 Å². The first-order chi connectivity index (χ1) is 14.3. The van der Waals surface area contributed by atoms with Crippen molar-refractivity contribution in [1.82, 2.24) is 4.31 Å². The molecule has 30 heavy (non-hydrogen) atoms. The van der Waals surface area contributed by atoms with Gasteiger partial charge in [0.25, 0.3) is 5.91 Å². The molecule has 0 saturated carbocycles. The molecule has 0 aliphatic heterocycles. The summed E-state index contributed by atoms with van der Waals surface area (Å²) in [5.74, 6) is 1.56. The summed E-state index contributed by atoms with van der Waals surface area (Å²) in [4.78, 5) is 12.2. The number of nitrogens with zero attached hydrogens (tertiary/aromatic N) is 1. The fraction of sp³-hybridized carbons (Fsp3) is 0.136. The molecule has 156 valence electrons. The van der Waals surface area contributed by atoms with Crippen LogP contribution >= 0.6 is 0 Å². The Kier molecular flexibility index (Phi) is 6.71. The number of amides is 1. The Labute approximate surface area is 175 Å². The topological polar surface area (TPSA) is 84.9 Å². The van der Waals surface area contributed by atoms with Crippen molar-refractivity contribution in [2.75, 3.05) is 26.0 Å². The molecule has 1 amide bonds. The van der Waals surface area contributed by atoms with E-state index in [2.05, 4.69) is 5.32 Å². The molecule has 0 atom stereocenters. The number of anilines is 1. The standard InChI is InChI=1S/C22H22N2O5S/c1-24(2)30(26,27)21-14-8-17(9-15-21)23-22(25)16-28-18-10-12-20(13-11-18)29-19-6-4-3-5-7-19/h3-15H,16H2,1-2H3,(H,23,25). The highest BCUT2D eigenvalue weighted by atomic mass is 32.2. The van der Waals surface area contributed by atoms with Crippen LogP contribution in [0, 0.1) is 0 Å². The molecule has 0 aliphatic rings. The van der Waals surface area contributed by atoms with Gasteiger partial charge in [-0.2, -0.15) is 0 Å². The Balaban J connectivity index is 1.51. The molecule has 0 heterocycles. The molecular weight excluding hydrogens is 404 g/mol. The SMILES string of the molecule is CN(C)S(=O)(=O)c1ccc(NC(=O)COc2ccc(Oc3ccccc3)cc2)cc1. The number of ether oxygens (including phenoxy) is 2. The van der Waals surface area contributed by atoms with Gasteiger partial charge < -0.3 is 14.8 Å². The Bertz CT molecular complexity index is 1080. The number of benzene rings is 3. The maximum atomic E-state index is 12.1. The quantitative estimate of drug-likeness (QED) is 0.593. The lowest BCUT2D eigenvalue weighted by Crippen LogP contribution is -2.22. The number of carbonyl (C=O) groups is 1. The van der Waals surface area contributed by atoms with Crippen LogP contribution in [0.25, 0.3) is 0 Å². The molecule has 0 unspecified atom stereocenters. The summed E-state index contributed by atoms with van der Waals surface area (Å²) in [6.45, 7) is -0.184. The van der Waals surface area contributed by atoms with Gasteiger partial charge in [-0.25, -0.2) is 12.7 Å². The van der Waals surface area contributed by atoms with Gasteiger partial charge in [-0.1, -0.05) is 18.2 Å². The Morgan fingerprint density at radius 1 is 0.833 bits per heavy atom. The summed E-state index contributed by atoms with van der Waals surface area (Å²) in [5.41, 5.74) is 0.480. The molecule has 3 aromatic rings. The third kappa shape index (κ3) is 5.59. The van der Waals surface area contributed by atoms with Crippen LogP contribution in [0.15, 0.2) is 83.8 Å². The number of rotatable bonds is 8. The third-order valence-corrected chi connectivity index (χ3v) is 5.92. The second kappa shape index (κ2) is 9.43. The minimum Gasteiger partial charge on any atom is -0.484 e. The summed E-state index contributed by atoms with van der Waals surface area (Å²) in [5, 5.41) is 2.67. The normalized spacial score (nSPS) is 11.2. The van der Waals surface area contributed by atoms with Crippen LogP contribution in [0.2, 0.25) is 0 Å². The van der Waals surface area contributed by atoms with Gasteiger partial charge in [0.05, 0.1) is 4.90 Å². The molecule has 0 saturated heterocycles. The molecule has 0 fully saturated rings. The monoisotopic (exact) mass is 426 g/mol. The van der Waals surface area contributed by atoms with E-state index in [1.165, 1.54) is 38.4 Å². The molecule has 7 nitrogen and oxygen atoms in total. The average Bonchev–Trinajstić information content (AvgIpc) is 2.74. The lowest BCUT2D eigenvalue weighted by atomic mass is 10.3. The largest absolute Gasteiger partial charge is 0.484 e. The van der Waals surface area contributed by atoms with Crippen molar-refractivity contribution >= 4 is 21.6 Å². The second-order valence-corrected chi connectivity index (χ2v) is 8.69. The van der Waals surface area contributed by atoms with Crippen molar-refractivity contribution in [3.63, 3.8) is 0 Å². The smallest absolute Gasteiger partial charge is 0.262 e. The van der Waals surface area contributed by atoms with Crippen LogP contribution in [0.4, 0.5) is 5.69 Å². The zero-order chi connectivity index (χ0) is 21.6. The molecule has 0 aromatic heterocycles. The van der Waals surface area contributed by atoms with Crippen molar-refractivity contribution < 1.29 is 22.7 Å². The predicted molar refractivity (Wildman–Crippen MR) is 114 cm³/mol. The zero-order valence-electron chi connectivity index (χ0n) is 16.6. The van der Waals surface area contributed by atoms with Crippen LogP contribution in [-0.2, 0) is 14.8 Å². The van der Waals surface area contributed by atoms with Crippen molar-refractivity contribution in [3.8, 4) is 17.2 Å². The first-order valence-corrected chi connectivity index (χ1v) is 10.6. The minimum atomic E-state index is -3.51. The third-order valence-electron chi connectivity index (χ3n) is 4.09. The molecule has 0 spiro atoms. The van der Waals surface area contributed by atoms with Crippen molar-refractivity contribution in [1.29, 1.82) is 0 Å². The molecular formula is C22H22N2O5S. The summed E-state index contributed by atoms with van der Waals surface area (Å²) in [7, 11) is -0.584. The van der Waals surface area contributed by atoms with E-state index < -0.39 is 10.0 Å². The van der Waals surface area contributed by atoms with Crippen LogP contribution in [0.5, 0.6) is 17.2 Å². The number of hydrogen-bond acceptors (Lipinski definition) is 5. The van der Waals surface area contributed by atoms with Crippen molar-refractivity contribution in [3.05, 3.63) is 78.9 Å². The van der Waals surface area contributed by atoms with Crippen molar-refractivity contribution in [2.45, 2.75) is 4.90 Å². The van der Waals surface area contributed by atoms with Crippen LogP contribution in [-0.4, -0.2) is 39.3 Å². The van der Waals surface area contributed by atoms with E-state index in [0.717, 1.165) is 10.1 Å². The molecule has 8 heteroatoms. The van der Waals surface area contributed by atoms with Gasteiger partial charge in [0.1, 0.15) is 17.2 Å². The van der Waals surface area contributed by atoms with Crippen LogP contribution < -0.4 is 14.8 Å². The summed E-state index contributed by atoms with van der Waals surface area (Å²) >= 11 is 0. The van der Waals surface area contributed by atoms with E-state index in [-0.39, 0.29) is 17.4 Å². The van der Waals surface area contributed by atoms with E-state index in [1.807, 2.05) is 30.3 Å². The lowest BCUT2D eigenvalue weighted by molar-refractivity contribution is -0.118. The number of nitrogens with one attached hydrogen (secondary N) is 1. The van der Waals surface area contributed by atoms with Crippen LogP contribution in [0.1, 0.15) is 0 Å². The lowest BCUT2D eigenvalue weighted by Gasteiger charge is -2.12. The van der Waals surface area contributed by atoms with E-state index in [0.29, 0.717) is 17.2 Å². The van der Waals surface area contributed by atoms with E-state index >= 15 is 0 Å². The number of hydrogen-bond donors (Lipinski definition) is 1. The molecule has 3 rings (SSSR count). The Hall–Kier alpha value is -3.36. The zero-order valence-corrected chi connectivity index (χ0v) is 17.4. The summed E-state index contributed by atoms with van der Waals surface area (Å²) in [6, 6.07) is 22.3. The second-order valence-electron chi connectivity index (χ2n) is 6.54. The van der Waals surface area contributed by atoms with E-state index in [9.17, 15) is 13.2 Å². The molecule has 1 N–H and O–H groups in total. The van der Waals surface area contributed by atoms with Gasteiger partial charge in [0.15, 0.2) is 6.61 Å². The summed E-state index contributed by atoms with van der Waals surface area (Å²) in [6.07, 6.45) is 0. The highest BCUT2D eigenvalue weighted by molar-refractivity contribution is 7.89. The highest BCUT2D eigenvalue weighted by Gasteiger charge is 2.16. The fourth-order valence-electron chi connectivity index (χ4n) is 2.50. The molecule has 0 radical (unpaired) electrons. The van der Waals surface area contributed by atoms with Gasteiger partial charge in [-0.05, 0) is 60.7 Å². The first kappa shape index (κ1) is 21.4. The van der Waals surface area contributed by atoms with Gasteiger partial charge >= 0.3 is 0 Å². The molecule has 0 bridgehead atoms. The van der Waals surface area contributed by atoms with Crippen molar-refractivity contribution in [2.24, 2.45) is 0 Å². The maximum absolute atomic E-state index is 12.1. The molecule has 0 aliphatic carbocycles. The number of sulfonamides is 1. The van der Waals surface area contributed by atoms with E-state index in [4.69, 9.17) is 9.47 Å². The van der Waals surface area contributed by atoms with Gasteiger partial charge in [-0.3, -0.25) is 4.79 Å². The van der Waals surface area contributed by atoms with Crippen LogP contribution in [0.3, 0.4) is 0 Å². The van der Waals surface area contributed by atoms with Gasteiger partial charge in [0.2, 0.25) is 10.0 Å². The fourth-order valence-corrected chi connectivity index (χ4v) is 3.40. The highest BCUT2D eigenvalue weighted by Crippen LogP contribution is 2.23. The molecule has 3 aromatic carbocycles.